The fourth-order valence-corrected chi connectivity index (χ4v) is 2.92. The Kier molecular flexibility index (Phi) is 4.71. The summed E-state index contributed by atoms with van der Waals surface area (Å²) >= 11 is 3.21. The molecular weight excluding hydrogens is 367 g/mol. The van der Waals surface area contributed by atoms with Crippen LogP contribution in [0.25, 0.3) is 11.4 Å². The molecule has 0 bridgehead atoms. The molecule has 1 aromatic carbocycles. The average molecular weight is 379 g/mol. The number of hydrogen-bond acceptors (Lipinski definition) is 5. The number of aromatic nitrogens is 3. The molecule has 7 nitrogen and oxygen atoms in total. The van der Waals surface area contributed by atoms with E-state index in [1.54, 1.807) is 0 Å². The first-order valence-corrected chi connectivity index (χ1v) is 8.09. The average Bonchev–Trinajstić information content (AvgIpc) is 2.79. The molecule has 0 saturated carbocycles. The van der Waals surface area contributed by atoms with Gasteiger partial charge in [0.15, 0.2) is 5.82 Å². The van der Waals surface area contributed by atoms with Gasteiger partial charge in [-0.2, -0.15) is 0 Å². The summed E-state index contributed by atoms with van der Waals surface area (Å²) in [5, 5.41) is 12.2. The molecule has 0 saturated heterocycles. The van der Waals surface area contributed by atoms with E-state index in [4.69, 9.17) is 9.88 Å². The fraction of sp³-hybridized carbons (Fsp3) is 0.273. The monoisotopic (exact) mass is 378 g/mol. The molecule has 1 heterocycles. The highest BCUT2D eigenvalue weighted by Crippen LogP contribution is 2.28. The predicted molar refractivity (Wildman–Crippen MR) is 76.4 cm³/mol. The van der Waals surface area contributed by atoms with Gasteiger partial charge in [0.1, 0.15) is 5.82 Å². The summed E-state index contributed by atoms with van der Waals surface area (Å²) in [4.78, 5) is 0. The molecule has 2 rings (SSSR count). The first kappa shape index (κ1) is 16.0. The third-order valence-electron chi connectivity index (χ3n) is 2.66. The van der Waals surface area contributed by atoms with Crippen molar-refractivity contribution in [2.24, 2.45) is 5.14 Å². The smallest absolute Gasteiger partial charge is 0.273 e. The fourth-order valence-electron chi connectivity index (χ4n) is 1.75. The second kappa shape index (κ2) is 6.18. The van der Waals surface area contributed by atoms with Crippen LogP contribution in [-0.2, 0) is 21.3 Å². The van der Waals surface area contributed by atoms with Gasteiger partial charge in [-0.15, -0.1) is 10.2 Å². The molecule has 114 valence electrons. The lowest BCUT2D eigenvalue weighted by atomic mass is 10.2. The van der Waals surface area contributed by atoms with E-state index in [2.05, 4.69) is 26.1 Å². The molecule has 10 heteroatoms. The Morgan fingerprint density at radius 2 is 2.14 bits per heavy atom. The van der Waals surface area contributed by atoms with Crippen LogP contribution in [0.1, 0.15) is 0 Å². The van der Waals surface area contributed by atoms with E-state index in [1.807, 2.05) is 0 Å². The summed E-state index contributed by atoms with van der Waals surface area (Å²) in [5.74, 6) is -0.178. The number of benzene rings is 1. The van der Waals surface area contributed by atoms with Gasteiger partial charge >= 0.3 is 0 Å². The Balaban J connectivity index is 2.60. The van der Waals surface area contributed by atoms with Crippen LogP contribution < -0.4 is 5.14 Å². The van der Waals surface area contributed by atoms with E-state index >= 15 is 0 Å². The standard InChI is InChI=1S/C11H12BrFN4O3S/c1-20-5-4-17-10(15-16-11(17)21(14,18)19)8-3-2-7(13)6-9(8)12/h2-3,6H,4-5H2,1H3,(H2,14,18,19). The molecule has 21 heavy (non-hydrogen) atoms. The van der Waals surface area contributed by atoms with Crippen molar-refractivity contribution >= 4 is 26.0 Å². The highest BCUT2D eigenvalue weighted by atomic mass is 79.9. The largest absolute Gasteiger partial charge is 0.383 e. The minimum Gasteiger partial charge on any atom is -0.383 e. The van der Waals surface area contributed by atoms with Gasteiger partial charge in [-0.25, -0.2) is 17.9 Å². The Bertz CT molecular complexity index is 763. The number of rotatable bonds is 5. The quantitative estimate of drug-likeness (QED) is 0.840. The van der Waals surface area contributed by atoms with Crippen LogP contribution in [0.3, 0.4) is 0 Å². The zero-order valence-electron chi connectivity index (χ0n) is 11.0. The molecule has 0 radical (unpaired) electrons. The van der Waals surface area contributed by atoms with Crippen molar-refractivity contribution in [2.75, 3.05) is 13.7 Å². The Hall–Kier alpha value is -1.36. The van der Waals surface area contributed by atoms with E-state index in [0.717, 1.165) is 0 Å². The summed E-state index contributed by atoms with van der Waals surface area (Å²) in [5.41, 5.74) is 0.495. The van der Waals surface area contributed by atoms with Crippen molar-refractivity contribution < 1.29 is 17.5 Å². The molecule has 1 aromatic heterocycles. The molecule has 0 aliphatic carbocycles. The number of primary sulfonamides is 1. The van der Waals surface area contributed by atoms with Crippen molar-refractivity contribution in [3.8, 4) is 11.4 Å². The van der Waals surface area contributed by atoms with Crippen molar-refractivity contribution in [2.45, 2.75) is 11.7 Å². The second-order valence-corrected chi connectivity index (χ2v) is 6.43. The molecule has 0 amide bonds. The van der Waals surface area contributed by atoms with E-state index in [9.17, 15) is 12.8 Å². The van der Waals surface area contributed by atoms with E-state index in [0.29, 0.717) is 10.0 Å². The van der Waals surface area contributed by atoms with Crippen LogP contribution in [0.2, 0.25) is 0 Å². The van der Waals surface area contributed by atoms with Gasteiger partial charge in [0, 0.05) is 17.1 Å². The SMILES string of the molecule is COCCn1c(-c2ccc(F)cc2Br)nnc1S(N)(=O)=O. The van der Waals surface area contributed by atoms with Crippen LogP contribution in [0.5, 0.6) is 0 Å². The second-order valence-electron chi connectivity index (χ2n) is 4.12. The summed E-state index contributed by atoms with van der Waals surface area (Å²) in [6, 6.07) is 3.97. The Labute approximate surface area is 129 Å². The van der Waals surface area contributed by atoms with Crippen LogP contribution in [0, 0.1) is 5.82 Å². The minimum absolute atomic E-state index is 0.189. The minimum atomic E-state index is -4.03. The maximum absolute atomic E-state index is 13.2. The number of nitrogens with two attached hydrogens (primary N) is 1. The summed E-state index contributed by atoms with van der Waals surface area (Å²) in [6.45, 7) is 0.431. The zero-order chi connectivity index (χ0) is 15.6. The normalized spacial score (nSPS) is 11.8. The number of ether oxygens (including phenoxy) is 1. The van der Waals surface area contributed by atoms with Crippen molar-refractivity contribution in [3.05, 3.63) is 28.5 Å². The van der Waals surface area contributed by atoms with Crippen molar-refractivity contribution in [1.29, 1.82) is 0 Å². The zero-order valence-corrected chi connectivity index (χ0v) is 13.4. The summed E-state index contributed by atoms with van der Waals surface area (Å²) in [6.07, 6.45) is 0. The topological polar surface area (TPSA) is 100 Å². The maximum atomic E-state index is 13.2. The first-order valence-electron chi connectivity index (χ1n) is 5.75. The lowest BCUT2D eigenvalue weighted by molar-refractivity contribution is 0.185. The molecule has 0 fully saturated rings. The van der Waals surface area contributed by atoms with Gasteiger partial charge in [0.25, 0.3) is 15.2 Å². The van der Waals surface area contributed by atoms with Crippen LogP contribution in [0.15, 0.2) is 27.8 Å². The van der Waals surface area contributed by atoms with Gasteiger partial charge in [-0.3, -0.25) is 4.57 Å². The third-order valence-corrected chi connectivity index (χ3v) is 4.13. The molecule has 0 unspecified atom stereocenters. The van der Waals surface area contributed by atoms with E-state index < -0.39 is 15.8 Å². The maximum Gasteiger partial charge on any atom is 0.273 e. The van der Waals surface area contributed by atoms with Crippen LogP contribution in [-0.4, -0.2) is 36.9 Å². The molecule has 0 spiro atoms. The summed E-state index contributed by atoms with van der Waals surface area (Å²) < 4.78 is 42.9. The van der Waals surface area contributed by atoms with Crippen LogP contribution >= 0.6 is 15.9 Å². The number of halogens is 2. The molecule has 0 aliphatic heterocycles. The Morgan fingerprint density at radius 1 is 1.43 bits per heavy atom. The lowest BCUT2D eigenvalue weighted by Gasteiger charge is -2.09. The van der Waals surface area contributed by atoms with Gasteiger partial charge < -0.3 is 4.74 Å². The van der Waals surface area contributed by atoms with Gasteiger partial charge in [-0.1, -0.05) is 0 Å². The van der Waals surface area contributed by atoms with Crippen molar-refractivity contribution in [3.63, 3.8) is 0 Å². The molecule has 2 aromatic rings. The lowest BCUT2D eigenvalue weighted by Crippen LogP contribution is -2.20. The van der Waals surface area contributed by atoms with Crippen LogP contribution in [0.4, 0.5) is 4.39 Å². The Morgan fingerprint density at radius 3 is 2.71 bits per heavy atom. The van der Waals surface area contributed by atoms with E-state index in [-0.39, 0.29) is 24.1 Å². The molecule has 0 aliphatic rings. The number of sulfonamides is 1. The highest BCUT2D eigenvalue weighted by Gasteiger charge is 2.23. The number of nitrogens with zero attached hydrogens (tertiary/aromatic N) is 3. The summed E-state index contributed by atoms with van der Waals surface area (Å²) in [7, 11) is -2.55. The van der Waals surface area contributed by atoms with E-state index in [1.165, 1.54) is 29.9 Å². The third kappa shape index (κ3) is 3.46. The predicted octanol–water partition coefficient (Wildman–Crippen LogP) is 1.14. The van der Waals surface area contributed by atoms with Gasteiger partial charge in [0.05, 0.1) is 13.2 Å². The first-order chi connectivity index (χ1) is 9.84. The molecular formula is C11H12BrFN4O3S. The van der Waals surface area contributed by atoms with Gasteiger partial charge in [-0.05, 0) is 34.1 Å². The number of hydrogen-bond donors (Lipinski definition) is 1. The molecule has 0 atom stereocenters. The highest BCUT2D eigenvalue weighted by molar-refractivity contribution is 9.10. The van der Waals surface area contributed by atoms with Gasteiger partial charge in [0.2, 0.25) is 0 Å². The molecule has 2 N–H and O–H groups in total. The number of methoxy groups -OCH3 is 1. The van der Waals surface area contributed by atoms with Crippen molar-refractivity contribution in [1.82, 2.24) is 14.8 Å².